The Morgan fingerprint density at radius 1 is 0.909 bits per heavy atom. The number of nitrogen functional groups attached to an aromatic ring is 4. The quantitative estimate of drug-likeness (QED) is 0.317. The predicted molar refractivity (Wildman–Crippen MR) is 44.7 cm³/mol. The summed E-state index contributed by atoms with van der Waals surface area (Å²) in [7, 11) is 0. The summed E-state index contributed by atoms with van der Waals surface area (Å²) in [4.78, 5) is 13.4. The van der Waals surface area contributed by atoms with Gasteiger partial charge >= 0.3 is 0 Å². The Hall–Kier alpha value is -1.85. The topological polar surface area (TPSA) is 137 Å². The lowest BCUT2D eigenvalue weighted by Gasteiger charge is -2.03. The normalized spacial score (nSPS) is 9.82. The Labute approximate surface area is 62.2 Å². The van der Waals surface area contributed by atoms with Gasteiger partial charge in [0.25, 0.3) is 0 Å². The van der Waals surface area contributed by atoms with Crippen molar-refractivity contribution in [3.8, 4) is 0 Å². The van der Waals surface area contributed by atoms with Gasteiger partial charge in [0.2, 0.25) is 5.43 Å². The SMILES string of the molecule is Nc1[nH]c(N)c(N)c(=O)c1N. The van der Waals surface area contributed by atoms with E-state index in [1.54, 1.807) is 0 Å². The zero-order chi connectivity index (χ0) is 8.59. The van der Waals surface area contributed by atoms with Crippen LogP contribution >= 0.6 is 0 Å². The molecule has 0 saturated heterocycles. The molecule has 0 aliphatic rings. The van der Waals surface area contributed by atoms with Gasteiger partial charge in [-0.05, 0) is 0 Å². The van der Waals surface area contributed by atoms with E-state index < -0.39 is 5.43 Å². The first-order chi connectivity index (χ1) is 5.04. The second-order valence-corrected chi connectivity index (χ2v) is 2.11. The van der Waals surface area contributed by atoms with Gasteiger partial charge in [0.1, 0.15) is 23.0 Å². The zero-order valence-electron chi connectivity index (χ0n) is 5.72. The highest BCUT2D eigenvalue weighted by atomic mass is 16.1. The summed E-state index contributed by atoms with van der Waals surface area (Å²) in [5.74, 6) is 0.0865. The van der Waals surface area contributed by atoms with Gasteiger partial charge in [-0.3, -0.25) is 4.79 Å². The number of hydrogen-bond donors (Lipinski definition) is 5. The summed E-state index contributed by atoms with van der Waals surface area (Å²) in [6.45, 7) is 0. The number of hydrogen-bond acceptors (Lipinski definition) is 5. The maximum atomic E-state index is 11.0. The molecule has 6 nitrogen and oxygen atoms in total. The van der Waals surface area contributed by atoms with Gasteiger partial charge in [-0.25, -0.2) is 0 Å². The largest absolute Gasteiger partial charge is 0.393 e. The van der Waals surface area contributed by atoms with Crippen molar-refractivity contribution >= 4 is 23.0 Å². The second kappa shape index (κ2) is 2.08. The Balaban J connectivity index is 3.59. The van der Waals surface area contributed by atoms with E-state index in [0.717, 1.165) is 0 Å². The molecule has 0 atom stereocenters. The molecule has 0 amide bonds. The third-order valence-corrected chi connectivity index (χ3v) is 1.34. The number of anilines is 4. The molecule has 0 aliphatic heterocycles. The van der Waals surface area contributed by atoms with Crippen molar-refractivity contribution in [1.82, 2.24) is 4.98 Å². The Kier molecular flexibility index (Phi) is 1.37. The van der Waals surface area contributed by atoms with Crippen LogP contribution in [0.15, 0.2) is 4.79 Å². The molecule has 1 aromatic heterocycles. The highest BCUT2D eigenvalue weighted by molar-refractivity contribution is 5.71. The maximum Gasteiger partial charge on any atom is 0.231 e. The van der Waals surface area contributed by atoms with Crippen molar-refractivity contribution in [2.75, 3.05) is 22.9 Å². The van der Waals surface area contributed by atoms with E-state index in [9.17, 15) is 4.79 Å². The lowest BCUT2D eigenvalue weighted by molar-refractivity contribution is 1.33. The molecule has 1 heterocycles. The van der Waals surface area contributed by atoms with Gasteiger partial charge in [-0.15, -0.1) is 0 Å². The molecule has 0 radical (unpaired) electrons. The molecule has 0 aromatic carbocycles. The number of H-pyrrole nitrogens is 1. The molecule has 11 heavy (non-hydrogen) atoms. The average molecular weight is 155 g/mol. The summed E-state index contributed by atoms with van der Waals surface area (Å²) >= 11 is 0. The van der Waals surface area contributed by atoms with Crippen LogP contribution in [-0.4, -0.2) is 4.98 Å². The van der Waals surface area contributed by atoms with Crippen molar-refractivity contribution in [3.63, 3.8) is 0 Å². The molecule has 1 aromatic rings. The first-order valence-corrected chi connectivity index (χ1v) is 2.86. The molecule has 9 N–H and O–H groups in total. The molecule has 0 unspecified atom stereocenters. The minimum atomic E-state index is -0.529. The van der Waals surface area contributed by atoms with Crippen LogP contribution in [0.5, 0.6) is 0 Å². The van der Waals surface area contributed by atoms with Crippen LogP contribution < -0.4 is 28.4 Å². The van der Waals surface area contributed by atoms with E-state index in [2.05, 4.69) is 4.98 Å². The van der Waals surface area contributed by atoms with Gasteiger partial charge < -0.3 is 27.9 Å². The smallest absolute Gasteiger partial charge is 0.231 e. The Morgan fingerprint density at radius 3 is 1.64 bits per heavy atom. The number of pyridine rings is 1. The fourth-order valence-electron chi connectivity index (χ4n) is 0.669. The van der Waals surface area contributed by atoms with Gasteiger partial charge in [-0.2, -0.15) is 0 Å². The number of nitrogens with two attached hydrogens (primary N) is 4. The van der Waals surface area contributed by atoms with E-state index in [4.69, 9.17) is 22.9 Å². The van der Waals surface area contributed by atoms with Crippen molar-refractivity contribution in [2.45, 2.75) is 0 Å². The lowest BCUT2D eigenvalue weighted by Crippen LogP contribution is -2.18. The predicted octanol–water partition coefficient (Wildman–Crippen LogP) is -1.30. The standard InChI is InChI=1S/C5H9N5O/c6-1-3(11)2(7)5(9)10-4(1)8/h6-7H2,(H5,8,9,10,11). The van der Waals surface area contributed by atoms with Crippen LogP contribution in [0, 0.1) is 0 Å². The van der Waals surface area contributed by atoms with Crippen LogP contribution in [0.4, 0.5) is 23.0 Å². The molecular formula is C5H9N5O. The molecule has 0 spiro atoms. The number of rotatable bonds is 0. The highest BCUT2D eigenvalue weighted by Crippen LogP contribution is 2.12. The molecule has 6 heteroatoms. The molecule has 0 fully saturated rings. The van der Waals surface area contributed by atoms with Crippen molar-refractivity contribution in [1.29, 1.82) is 0 Å². The van der Waals surface area contributed by atoms with Gasteiger partial charge in [0, 0.05) is 0 Å². The van der Waals surface area contributed by atoms with Crippen molar-refractivity contribution in [2.24, 2.45) is 0 Å². The lowest BCUT2D eigenvalue weighted by atomic mass is 10.3. The molecule has 0 aliphatic carbocycles. The molecular weight excluding hydrogens is 146 g/mol. The summed E-state index contributed by atoms with van der Waals surface area (Å²) in [6, 6.07) is 0. The highest BCUT2D eigenvalue weighted by Gasteiger charge is 2.06. The van der Waals surface area contributed by atoms with Crippen LogP contribution in [0.25, 0.3) is 0 Å². The third-order valence-electron chi connectivity index (χ3n) is 1.34. The van der Waals surface area contributed by atoms with Crippen LogP contribution in [0.1, 0.15) is 0 Å². The van der Waals surface area contributed by atoms with E-state index in [1.807, 2.05) is 0 Å². The van der Waals surface area contributed by atoms with Gasteiger partial charge in [-0.1, -0.05) is 0 Å². The molecule has 60 valence electrons. The number of aromatic amines is 1. The second-order valence-electron chi connectivity index (χ2n) is 2.11. The van der Waals surface area contributed by atoms with Crippen molar-refractivity contribution in [3.05, 3.63) is 10.2 Å². The summed E-state index contributed by atoms with van der Waals surface area (Å²) in [5, 5.41) is 0. The summed E-state index contributed by atoms with van der Waals surface area (Å²) in [6.07, 6.45) is 0. The molecule has 1 rings (SSSR count). The van der Waals surface area contributed by atoms with Gasteiger partial charge in [0.05, 0.1) is 0 Å². The minimum absolute atomic E-state index is 0.0432. The van der Waals surface area contributed by atoms with E-state index in [-0.39, 0.29) is 23.0 Å². The molecule has 0 bridgehead atoms. The van der Waals surface area contributed by atoms with Crippen LogP contribution in [0.2, 0.25) is 0 Å². The third kappa shape index (κ3) is 0.936. The molecule has 0 saturated carbocycles. The Bertz CT molecular complexity index is 312. The Morgan fingerprint density at radius 2 is 1.27 bits per heavy atom. The van der Waals surface area contributed by atoms with Crippen LogP contribution in [0.3, 0.4) is 0 Å². The maximum absolute atomic E-state index is 11.0. The van der Waals surface area contributed by atoms with Gasteiger partial charge in [0.15, 0.2) is 0 Å². The fourth-order valence-corrected chi connectivity index (χ4v) is 0.669. The van der Waals surface area contributed by atoms with E-state index >= 15 is 0 Å². The number of aromatic nitrogens is 1. The average Bonchev–Trinajstić information content (AvgIpc) is 1.97. The summed E-state index contributed by atoms with van der Waals surface area (Å²) < 4.78 is 0. The fraction of sp³-hybridized carbons (Fsp3) is 0. The first kappa shape index (κ1) is 7.26. The first-order valence-electron chi connectivity index (χ1n) is 2.86. The van der Waals surface area contributed by atoms with E-state index in [0.29, 0.717) is 0 Å². The zero-order valence-corrected chi connectivity index (χ0v) is 5.72. The van der Waals surface area contributed by atoms with Crippen LogP contribution in [-0.2, 0) is 0 Å². The summed E-state index contributed by atoms with van der Waals surface area (Å²) in [5.41, 5.74) is 20.3. The monoisotopic (exact) mass is 155 g/mol. The minimum Gasteiger partial charge on any atom is -0.393 e. The van der Waals surface area contributed by atoms with E-state index in [1.165, 1.54) is 0 Å². The number of nitrogens with one attached hydrogen (secondary N) is 1. The van der Waals surface area contributed by atoms with Crippen molar-refractivity contribution < 1.29 is 0 Å².